The fraction of sp³-hybridized carbons (Fsp3) is 0.571. The molecule has 0 saturated heterocycles. The summed E-state index contributed by atoms with van der Waals surface area (Å²) in [6.07, 6.45) is 4.95. The van der Waals surface area contributed by atoms with Gasteiger partial charge in [-0.1, -0.05) is 0 Å². The van der Waals surface area contributed by atoms with Gasteiger partial charge in [0, 0.05) is 6.20 Å². The Morgan fingerprint density at radius 3 is 2.74 bits per heavy atom. The first-order valence-corrected chi connectivity index (χ1v) is 9.08. The van der Waals surface area contributed by atoms with Crippen molar-refractivity contribution in [2.45, 2.75) is 25.0 Å². The van der Waals surface area contributed by atoms with Crippen molar-refractivity contribution < 1.29 is 23.1 Å². The van der Waals surface area contributed by atoms with Crippen molar-refractivity contribution in [3.63, 3.8) is 0 Å². The zero-order chi connectivity index (χ0) is 17.0. The van der Waals surface area contributed by atoms with Crippen LogP contribution in [0.3, 0.4) is 0 Å². The Hall–Kier alpha value is -1.71. The van der Waals surface area contributed by atoms with Crippen LogP contribution < -0.4 is 14.8 Å². The zero-order valence-electron chi connectivity index (χ0n) is 13.0. The number of ether oxygens (including phenoxy) is 1. The maximum atomic E-state index is 12.0. The highest BCUT2D eigenvalue weighted by Crippen LogP contribution is 2.38. The van der Waals surface area contributed by atoms with Gasteiger partial charge in [-0.2, -0.15) is 0 Å². The van der Waals surface area contributed by atoms with Crippen LogP contribution in [0, 0.1) is 5.92 Å². The van der Waals surface area contributed by atoms with Crippen molar-refractivity contribution in [3.8, 4) is 5.75 Å². The minimum Gasteiger partial charge on any atom is -0.495 e. The third-order valence-electron chi connectivity index (χ3n) is 3.76. The van der Waals surface area contributed by atoms with Gasteiger partial charge in [0.2, 0.25) is 15.9 Å². The van der Waals surface area contributed by atoms with Gasteiger partial charge in [0.15, 0.2) is 0 Å². The molecule has 23 heavy (non-hydrogen) atoms. The molecule has 0 unspecified atom stereocenters. The molecule has 2 rings (SSSR count). The predicted molar refractivity (Wildman–Crippen MR) is 83.3 cm³/mol. The van der Waals surface area contributed by atoms with Crippen LogP contribution in [-0.2, 0) is 14.8 Å². The van der Waals surface area contributed by atoms with Crippen molar-refractivity contribution in [2.24, 2.45) is 5.92 Å². The predicted octanol–water partition coefficient (Wildman–Crippen LogP) is -0.432. The van der Waals surface area contributed by atoms with Gasteiger partial charge in [0.25, 0.3) is 0 Å². The highest BCUT2D eigenvalue weighted by atomic mass is 32.2. The summed E-state index contributed by atoms with van der Waals surface area (Å²) < 4.78 is 29.4. The highest BCUT2D eigenvalue weighted by Gasteiger charge is 2.36. The highest BCUT2D eigenvalue weighted by molar-refractivity contribution is 7.88. The summed E-state index contributed by atoms with van der Waals surface area (Å²) in [4.78, 5) is 16.1. The summed E-state index contributed by atoms with van der Waals surface area (Å²) >= 11 is 0. The number of aliphatic hydroxyl groups is 1. The molecule has 1 aliphatic carbocycles. The molecule has 0 aromatic carbocycles. The molecule has 1 saturated carbocycles. The number of sulfonamides is 1. The number of methoxy groups -OCH3 is 1. The van der Waals surface area contributed by atoms with Gasteiger partial charge in [-0.15, -0.1) is 0 Å². The molecule has 0 radical (unpaired) electrons. The van der Waals surface area contributed by atoms with E-state index in [9.17, 15) is 18.3 Å². The lowest BCUT2D eigenvalue weighted by Gasteiger charge is -2.38. The largest absolute Gasteiger partial charge is 0.495 e. The fourth-order valence-electron chi connectivity index (χ4n) is 2.51. The number of carbonyl (C=O) groups is 1. The number of hydrogen-bond acceptors (Lipinski definition) is 6. The van der Waals surface area contributed by atoms with E-state index in [1.807, 2.05) is 0 Å². The second kappa shape index (κ2) is 7.24. The first-order chi connectivity index (χ1) is 10.8. The molecular weight excluding hydrogens is 322 g/mol. The quantitative estimate of drug-likeness (QED) is 0.618. The van der Waals surface area contributed by atoms with Crippen LogP contribution in [0.5, 0.6) is 5.75 Å². The van der Waals surface area contributed by atoms with Crippen molar-refractivity contribution in [3.05, 3.63) is 24.0 Å². The van der Waals surface area contributed by atoms with E-state index in [1.165, 1.54) is 7.11 Å². The van der Waals surface area contributed by atoms with Crippen LogP contribution in [0.15, 0.2) is 18.5 Å². The maximum Gasteiger partial charge on any atom is 0.235 e. The zero-order valence-corrected chi connectivity index (χ0v) is 13.8. The van der Waals surface area contributed by atoms with Crippen LogP contribution in [0.25, 0.3) is 0 Å². The van der Waals surface area contributed by atoms with E-state index >= 15 is 0 Å². The number of nitrogens with zero attached hydrogens (tertiary/aromatic N) is 1. The fourth-order valence-corrected chi connectivity index (χ4v) is 2.91. The lowest BCUT2D eigenvalue weighted by molar-refractivity contribution is -0.121. The normalized spacial score (nSPS) is 22.0. The molecule has 1 aromatic rings. The molecule has 128 valence electrons. The number of hydrogen-bond donors (Lipinski definition) is 3. The average molecular weight is 343 g/mol. The van der Waals surface area contributed by atoms with Crippen LogP contribution in [0.2, 0.25) is 0 Å². The van der Waals surface area contributed by atoms with E-state index < -0.39 is 15.9 Å². The Labute approximate surface area is 135 Å². The van der Waals surface area contributed by atoms with E-state index in [-0.39, 0.29) is 24.6 Å². The van der Waals surface area contributed by atoms with Gasteiger partial charge in [-0.3, -0.25) is 9.78 Å². The van der Waals surface area contributed by atoms with Gasteiger partial charge in [0.05, 0.1) is 38.3 Å². The van der Waals surface area contributed by atoms with E-state index in [2.05, 4.69) is 15.0 Å². The van der Waals surface area contributed by atoms with Crippen LogP contribution in [0.4, 0.5) is 0 Å². The molecule has 3 N–H and O–H groups in total. The molecule has 0 bridgehead atoms. The topological polar surface area (TPSA) is 118 Å². The summed E-state index contributed by atoms with van der Waals surface area (Å²) in [6.45, 7) is -0.331. The summed E-state index contributed by atoms with van der Waals surface area (Å²) in [5.74, 6) is 0.196. The molecule has 1 fully saturated rings. The Bertz CT molecular complexity index is 658. The van der Waals surface area contributed by atoms with Crippen LogP contribution >= 0.6 is 0 Å². The Balaban J connectivity index is 2.09. The molecule has 0 spiro atoms. The van der Waals surface area contributed by atoms with Gasteiger partial charge >= 0.3 is 0 Å². The molecule has 1 amide bonds. The van der Waals surface area contributed by atoms with E-state index in [4.69, 9.17) is 4.74 Å². The third-order valence-corrected chi connectivity index (χ3v) is 4.43. The van der Waals surface area contributed by atoms with Crippen LogP contribution in [0.1, 0.15) is 24.4 Å². The first kappa shape index (κ1) is 17.6. The molecule has 1 aliphatic rings. The van der Waals surface area contributed by atoms with Crippen molar-refractivity contribution in [1.82, 2.24) is 15.0 Å². The monoisotopic (exact) mass is 343 g/mol. The Kier molecular flexibility index (Phi) is 5.55. The number of carbonyl (C=O) groups excluding carboxylic acids is 1. The molecular formula is C14H21N3O5S. The minimum absolute atomic E-state index is 0.0705. The number of amides is 1. The number of aliphatic hydroxyl groups excluding tert-OH is 1. The third kappa shape index (κ3) is 5.15. The summed E-state index contributed by atoms with van der Waals surface area (Å²) in [6, 6.07) is 1.42. The number of pyridine rings is 1. The van der Waals surface area contributed by atoms with Gasteiger partial charge in [-0.05, 0) is 30.4 Å². The first-order valence-electron chi connectivity index (χ1n) is 7.19. The number of aromatic nitrogens is 1. The smallest absolute Gasteiger partial charge is 0.235 e. The van der Waals surface area contributed by atoms with Crippen LogP contribution in [-0.4, -0.2) is 50.4 Å². The summed E-state index contributed by atoms with van der Waals surface area (Å²) in [7, 11) is -1.91. The van der Waals surface area contributed by atoms with Crippen molar-refractivity contribution >= 4 is 15.9 Å². The standard InChI is InChI=1S/C14H21N3O5S/c1-22-12-5-10(6-15-7-12)14(9-3-11(18)4-9)17-13(19)8-16-23(2,20)21/h5-7,9,11,14,16,18H,3-4,8H2,1-2H3,(H,17,19)/t9?,11?,14-/m0/s1. The van der Waals surface area contributed by atoms with Crippen molar-refractivity contribution in [1.29, 1.82) is 0 Å². The second-order valence-electron chi connectivity index (χ2n) is 5.68. The Morgan fingerprint density at radius 2 is 2.17 bits per heavy atom. The summed E-state index contributed by atoms with van der Waals surface area (Å²) in [5, 5.41) is 12.3. The second-order valence-corrected chi connectivity index (χ2v) is 7.51. The minimum atomic E-state index is -3.43. The molecule has 9 heteroatoms. The van der Waals surface area contributed by atoms with Crippen molar-refractivity contribution in [2.75, 3.05) is 19.9 Å². The molecule has 0 aliphatic heterocycles. The lowest BCUT2D eigenvalue weighted by atomic mass is 9.75. The Morgan fingerprint density at radius 1 is 1.48 bits per heavy atom. The van der Waals surface area contributed by atoms with Gasteiger partial charge in [0.1, 0.15) is 5.75 Å². The van der Waals surface area contributed by atoms with Gasteiger partial charge < -0.3 is 15.2 Å². The van der Waals surface area contributed by atoms with E-state index in [0.717, 1.165) is 11.8 Å². The number of rotatable bonds is 7. The molecule has 1 atom stereocenters. The van der Waals surface area contributed by atoms with E-state index in [1.54, 1.807) is 18.5 Å². The lowest BCUT2D eigenvalue weighted by Crippen LogP contribution is -2.44. The maximum absolute atomic E-state index is 12.0. The average Bonchev–Trinajstić information content (AvgIpc) is 2.47. The van der Waals surface area contributed by atoms with E-state index in [0.29, 0.717) is 18.6 Å². The molecule has 8 nitrogen and oxygen atoms in total. The molecule has 1 aromatic heterocycles. The molecule has 1 heterocycles. The summed E-state index contributed by atoms with van der Waals surface area (Å²) in [5.41, 5.74) is 0.758. The number of nitrogens with one attached hydrogen (secondary N) is 2. The SMILES string of the molecule is COc1cncc([C@@H](NC(=O)CNS(C)(=O)=O)C2CC(O)C2)c1. The van der Waals surface area contributed by atoms with Gasteiger partial charge in [-0.25, -0.2) is 13.1 Å².